The van der Waals surface area contributed by atoms with Crippen LogP contribution < -0.4 is 5.32 Å². The van der Waals surface area contributed by atoms with Crippen molar-refractivity contribution in [3.05, 3.63) is 60.1 Å². The Hall–Kier alpha value is -1.62. The third-order valence-electron chi connectivity index (χ3n) is 3.85. The zero-order valence-electron chi connectivity index (χ0n) is 12.4. The molecule has 0 radical (unpaired) electrons. The third kappa shape index (κ3) is 3.73. The maximum atomic E-state index is 5.82. The van der Waals surface area contributed by atoms with E-state index in [0.29, 0.717) is 0 Å². The molecule has 1 aliphatic rings. The molecule has 4 heteroatoms. The van der Waals surface area contributed by atoms with Gasteiger partial charge in [-0.05, 0) is 24.7 Å². The number of nitrogens with zero attached hydrogens (tertiary/aromatic N) is 1. The number of hydrogen-bond donors (Lipinski definition) is 1. The van der Waals surface area contributed by atoms with Gasteiger partial charge in [0.15, 0.2) is 0 Å². The summed E-state index contributed by atoms with van der Waals surface area (Å²) in [5.74, 6) is 0.936. The van der Waals surface area contributed by atoms with Gasteiger partial charge in [0.2, 0.25) is 0 Å². The number of rotatable bonds is 5. The zero-order valence-corrected chi connectivity index (χ0v) is 12.4. The van der Waals surface area contributed by atoms with Crippen molar-refractivity contribution in [2.24, 2.45) is 0 Å². The fraction of sp³-hybridized carbons (Fsp3) is 0.412. The highest BCUT2D eigenvalue weighted by Crippen LogP contribution is 2.22. The summed E-state index contributed by atoms with van der Waals surface area (Å²) < 4.78 is 11.4. The van der Waals surface area contributed by atoms with Crippen molar-refractivity contribution >= 4 is 0 Å². The predicted octanol–water partition coefficient (Wildman–Crippen LogP) is 2.29. The normalized spacial score (nSPS) is 21.3. The number of ether oxygens (including phenoxy) is 1. The van der Waals surface area contributed by atoms with Crippen LogP contribution in [-0.4, -0.2) is 44.3 Å². The first-order valence-electron chi connectivity index (χ1n) is 7.45. The van der Waals surface area contributed by atoms with Crippen molar-refractivity contribution < 1.29 is 9.15 Å². The van der Waals surface area contributed by atoms with Gasteiger partial charge in [-0.3, -0.25) is 0 Å². The number of likely N-dealkylation sites (N-methyl/N-ethyl adjacent to an activating group) is 1. The molecule has 112 valence electrons. The standard InChI is InChI=1S/C17H22N2O2/c1-19-9-11-20-15(13-19)12-18-17(16-8-5-10-21-16)14-6-3-2-4-7-14/h2-8,10,15,17-18H,9,11-13H2,1H3. The van der Waals surface area contributed by atoms with Gasteiger partial charge in [0.05, 0.1) is 25.0 Å². The third-order valence-corrected chi connectivity index (χ3v) is 3.85. The van der Waals surface area contributed by atoms with Crippen molar-refractivity contribution in [2.75, 3.05) is 33.3 Å². The molecule has 21 heavy (non-hydrogen) atoms. The first-order valence-corrected chi connectivity index (χ1v) is 7.45. The molecule has 1 fully saturated rings. The topological polar surface area (TPSA) is 37.6 Å². The lowest BCUT2D eigenvalue weighted by molar-refractivity contribution is -0.0190. The summed E-state index contributed by atoms with van der Waals surface area (Å²) in [6.07, 6.45) is 1.95. The van der Waals surface area contributed by atoms with Crippen LogP contribution in [0.25, 0.3) is 0 Å². The molecule has 1 saturated heterocycles. The highest BCUT2D eigenvalue weighted by molar-refractivity contribution is 5.26. The van der Waals surface area contributed by atoms with Gasteiger partial charge in [-0.2, -0.15) is 0 Å². The van der Waals surface area contributed by atoms with E-state index in [1.807, 2.05) is 18.2 Å². The van der Waals surface area contributed by atoms with Gasteiger partial charge in [-0.1, -0.05) is 30.3 Å². The largest absolute Gasteiger partial charge is 0.467 e. The molecule has 1 aromatic carbocycles. The molecule has 0 amide bonds. The molecule has 3 rings (SSSR count). The van der Waals surface area contributed by atoms with Gasteiger partial charge >= 0.3 is 0 Å². The Labute approximate surface area is 125 Å². The van der Waals surface area contributed by atoms with E-state index in [2.05, 4.69) is 41.5 Å². The fourth-order valence-corrected chi connectivity index (χ4v) is 2.72. The summed E-state index contributed by atoms with van der Waals surface area (Å²) in [5, 5.41) is 3.58. The van der Waals surface area contributed by atoms with Gasteiger partial charge < -0.3 is 19.4 Å². The SMILES string of the molecule is CN1CCOC(CNC(c2ccccc2)c2ccco2)C1. The number of morpholine rings is 1. The number of benzene rings is 1. The van der Waals surface area contributed by atoms with Crippen molar-refractivity contribution in [1.29, 1.82) is 0 Å². The highest BCUT2D eigenvalue weighted by Gasteiger charge is 2.21. The molecular weight excluding hydrogens is 264 g/mol. The second-order valence-electron chi connectivity index (χ2n) is 5.52. The fourth-order valence-electron chi connectivity index (χ4n) is 2.72. The Morgan fingerprint density at radius 2 is 2.10 bits per heavy atom. The number of hydrogen-bond acceptors (Lipinski definition) is 4. The van der Waals surface area contributed by atoms with Crippen LogP contribution in [0.5, 0.6) is 0 Å². The van der Waals surface area contributed by atoms with E-state index in [1.54, 1.807) is 6.26 Å². The lowest BCUT2D eigenvalue weighted by atomic mass is 10.0. The van der Waals surface area contributed by atoms with Crippen molar-refractivity contribution in [1.82, 2.24) is 10.2 Å². The Morgan fingerprint density at radius 1 is 1.24 bits per heavy atom. The maximum Gasteiger partial charge on any atom is 0.125 e. The smallest absolute Gasteiger partial charge is 0.125 e. The first-order chi connectivity index (χ1) is 10.3. The molecule has 0 spiro atoms. The van der Waals surface area contributed by atoms with E-state index in [1.165, 1.54) is 5.56 Å². The lowest BCUT2D eigenvalue weighted by Gasteiger charge is -2.31. The van der Waals surface area contributed by atoms with Crippen LogP contribution in [0.4, 0.5) is 0 Å². The summed E-state index contributed by atoms with van der Waals surface area (Å²) in [6.45, 7) is 3.59. The lowest BCUT2D eigenvalue weighted by Crippen LogP contribution is -2.45. The summed E-state index contributed by atoms with van der Waals surface area (Å²) in [7, 11) is 2.14. The maximum absolute atomic E-state index is 5.82. The van der Waals surface area contributed by atoms with Gasteiger partial charge in [-0.15, -0.1) is 0 Å². The van der Waals surface area contributed by atoms with Crippen molar-refractivity contribution in [2.45, 2.75) is 12.1 Å². The molecule has 2 heterocycles. The highest BCUT2D eigenvalue weighted by atomic mass is 16.5. The monoisotopic (exact) mass is 286 g/mol. The summed E-state index contributed by atoms with van der Waals surface area (Å²) >= 11 is 0. The van der Waals surface area contributed by atoms with E-state index in [-0.39, 0.29) is 12.1 Å². The van der Waals surface area contributed by atoms with E-state index in [4.69, 9.17) is 9.15 Å². The molecule has 1 aromatic heterocycles. The molecule has 4 nitrogen and oxygen atoms in total. The van der Waals surface area contributed by atoms with E-state index in [0.717, 1.165) is 32.0 Å². The van der Waals surface area contributed by atoms with Crippen molar-refractivity contribution in [3.63, 3.8) is 0 Å². The molecule has 1 N–H and O–H groups in total. The molecule has 2 aromatic rings. The van der Waals surface area contributed by atoms with Crippen LogP contribution in [0.1, 0.15) is 17.4 Å². The van der Waals surface area contributed by atoms with Gasteiger partial charge in [0.25, 0.3) is 0 Å². The second kappa shape index (κ2) is 6.89. The van der Waals surface area contributed by atoms with Crippen LogP contribution in [0.2, 0.25) is 0 Å². The summed E-state index contributed by atoms with van der Waals surface area (Å²) in [4.78, 5) is 2.31. The van der Waals surface area contributed by atoms with E-state index >= 15 is 0 Å². The Morgan fingerprint density at radius 3 is 2.81 bits per heavy atom. The molecule has 0 aliphatic carbocycles. The Kier molecular flexibility index (Phi) is 4.70. The van der Waals surface area contributed by atoms with E-state index < -0.39 is 0 Å². The van der Waals surface area contributed by atoms with Crippen LogP contribution in [0, 0.1) is 0 Å². The van der Waals surface area contributed by atoms with Gasteiger partial charge in [0, 0.05) is 19.6 Å². The van der Waals surface area contributed by atoms with Crippen molar-refractivity contribution in [3.8, 4) is 0 Å². The number of nitrogens with one attached hydrogen (secondary N) is 1. The summed E-state index contributed by atoms with van der Waals surface area (Å²) in [6, 6.07) is 14.4. The van der Waals surface area contributed by atoms with Crippen LogP contribution in [-0.2, 0) is 4.74 Å². The molecule has 0 bridgehead atoms. The Balaban J connectivity index is 1.68. The molecule has 2 atom stereocenters. The minimum atomic E-state index is 0.0667. The van der Waals surface area contributed by atoms with Gasteiger partial charge in [-0.25, -0.2) is 0 Å². The van der Waals surface area contributed by atoms with Crippen LogP contribution in [0.3, 0.4) is 0 Å². The molecular formula is C17H22N2O2. The minimum Gasteiger partial charge on any atom is -0.467 e. The zero-order chi connectivity index (χ0) is 14.5. The molecule has 1 aliphatic heterocycles. The number of furan rings is 1. The molecule has 0 saturated carbocycles. The minimum absolute atomic E-state index is 0.0667. The average molecular weight is 286 g/mol. The van der Waals surface area contributed by atoms with Crippen LogP contribution in [0.15, 0.2) is 53.1 Å². The van der Waals surface area contributed by atoms with Crippen LogP contribution >= 0.6 is 0 Å². The predicted molar refractivity (Wildman–Crippen MR) is 82.2 cm³/mol. The summed E-state index contributed by atoms with van der Waals surface area (Å²) in [5.41, 5.74) is 1.21. The van der Waals surface area contributed by atoms with E-state index in [9.17, 15) is 0 Å². The Bertz CT molecular complexity index is 527. The average Bonchev–Trinajstić information content (AvgIpc) is 3.03. The molecule has 2 unspecified atom stereocenters. The van der Waals surface area contributed by atoms with Gasteiger partial charge in [0.1, 0.15) is 5.76 Å². The second-order valence-corrected chi connectivity index (χ2v) is 5.52. The first kappa shape index (κ1) is 14.3. The quantitative estimate of drug-likeness (QED) is 0.915.